The maximum absolute atomic E-state index is 5.83. The van der Waals surface area contributed by atoms with Crippen molar-refractivity contribution in [3.63, 3.8) is 0 Å². The monoisotopic (exact) mass is 429 g/mol. The summed E-state index contributed by atoms with van der Waals surface area (Å²) in [5.74, 6) is 0.820. The molecule has 3 rings (SSSR count). The molecule has 0 radical (unpaired) electrons. The first-order chi connectivity index (χ1) is 14.4. The highest BCUT2D eigenvalue weighted by atomic mass is 32.1. The van der Waals surface area contributed by atoms with Crippen LogP contribution in [-0.2, 0) is 24.2 Å². The maximum atomic E-state index is 5.83. The lowest BCUT2D eigenvalue weighted by molar-refractivity contribution is -0.0704. The second-order valence-electron chi connectivity index (χ2n) is 8.12. The number of hydrogen-bond donors (Lipinski definition) is 2. The lowest BCUT2D eigenvalue weighted by Crippen LogP contribution is -2.44. The summed E-state index contributed by atoms with van der Waals surface area (Å²) in [6.45, 7) is 13.0. The number of thiazole rings is 1. The SMILES string of the molecule is CN=C(NCCc1nc(C)c(C)s1)NCc1ccc(CN2CC(C)OC(C)C2)cc1. The Morgan fingerprint density at radius 3 is 2.40 bits per heavy atom. The topological polar surface area (TPSA) is 61.8 Å². The molecule has 1 aromatic heterocycles. The van der Waals surface area contributed by atoms with E-state index in [4.69, 9.17) is 4.74 Å². The number of morpholine rings is 1. The van der Waals surface area contributed by atoms with E-state index in [1.165, 1.54) is 21.0 Å². The third kappa shape index (κ3) is 6.79. The van der Waals surface area contributed by atoms with Crippen LogP contribution < -0.4 is 10.6 Å². The fourth-order valence-electron chi connectivity index (χ4n) is 3.77. The van der Waals surface area contributed by atoms with Gasteiger partial charge in [0, 0.05) is 51.1 Å². The van der Waals surface area contributed by atoms with Crippen molar-refractivity contribution in [2.45, 2.75) is 59.4 Å². The molecular formula is C23H35N5OS. The summed E-state index contributed by atoms with van der Waals surface area (Å²) in [6, 6.07) is 8.85. The molecule has 1 saturated heterocycles. The van der Waals surface area contributed by atoms with Crippen LogP contribution >= 0.6 is 11.3 Å². The summed E-state index contributed by atoms with van der Waals surface area (Å²) in [5, 5.41) is 7.95. The number of rotatable bonds is 7. The molecule has 0 spiro atoms. The number of aryl methyl sites for hydroxylation is 2. The Balaban J connectivity index is 1.41. The highest BCUT2D eigenvalue weighted by molar-refractivity contribution is 7.11. The van der Waals surface area contributed by atoms with Crippen LogP contribution in [0.3, 0.4) is 0 Å². The van der Waals surface area contributed by atoms with Crippen molar-refractivity contribution in [1.29, 1.82) is 0 Å². The van der Waals surface area contributed by atoms with Crippen LogP contribution in [-0.4, -0.2) is 54.7 Å². The quantitative estimate of drug-likeness (QED) is 0.522. The van der Waals surface area contributed by atoms with E-state index in [1.807, 2.05) is 0 Å². The number of nitrogens with one attached hydrogen (secondary N) is 2. The number of hydrogen-bond acceptors (Lipinski definition) is 5. The fourth-order valence-corrected chi connectivity index (χ4v) is 4.71. The average molecular weight is 430 g/mol. The molecule has 2 N–H and O–H groups in total. The Labute approximate surface area is 184 Å². The predicted octanol–water partition coefficient (Wildman–Crippen LogP) is 3.28. The fraction of sp³-hybridized carbons (Fsp3) is 0.565. The van der Waals surface area contributed by atoms with Gasteiger partial charge >= 0.3 is 0 Å². The van der Waals surface area contributed by atoms with Crippen LogP contribution in [0.25, 0.3) is 0 Å². The highest BCUT2D eigenvalue weighted by Crippen LogP contribution is 2.16. The summed E-state index contributed by atoms with van der Waals surface area (Å²) < 4.78 is 5.83. The minimum Gasteiger partial charge on any atom is -0.373 e. The van der Waals surface area contributed by atoms with Crippen molar-refractivity contribution < 1.29 is 4.74 Å². The largest absolute Gasteiger partial charge is 0.373 e. The van der Waals surface area contributed by atoms with Crippen LogP contribution in [0, 0.1) is 13.8 Å². The Hall–Kier alpha value is -1.96. The highest BCUT2D eigenvalue weighted by Gasteiger charge is 2.21. The first-order valence-corrected chi connectivity index (χ1v) is 11.6. The van der Waals surface area contributed by atoms with Crippen molar-refractivity contribution in [2.24, 2.45) is 4.99 Å². The third-order valence-electron chi connectivity index (χ3n) is 5.31. The standard InChI is InChI=1S/C23H35N5OS/c1-16-13-28(14-17(2)29-16)15-21-8-6-20(7-9-21)12-26-23(24-5)25-11-10-22-27-18(3)19(4)30-22/h6-9,16-17H,10-15H2,1-5H3,(H2,24,25,26). The predicted molar refractivity (Wildman–Crippen MR) is 125 cm³/mol. The van der Waals surface area contributed by atoms with Crippen LogP contribution in [0.1, 0.15) is 40.6 Å². The summed E-state index contributed by atoms with van der Waals surface area (Å²) in [5.41, 5.74) is 3.73. The Bertz CT molecular complexity index is 803. The first-order valence-electron chi connectivity index (χ1n) is 10.8. The number of nitrogens with zero attached hydrogens (tertiary/aromatic N) is 3. The molecule has 0 amide bonds. The van der Waals surface area contributed by atoms with E-state index in [0.29, 0.717) is 12.2 Å². The van der Waals surface area contributed by atoms with Gasteiger partial charge in [0.1, 0.15) is 0 Å². The molecule has 0 bridgehead atoms. The smallest absolute Gasteiger partial charge is 0.191 e. The molecule has 7 heteroatoms. The van der Waals surface area contributed by atoms with E-state index in [9.17, 15) is 0 Å². The van der Waals surface area contributed by atoms with Crippen molar-refractivity contribution in [3.8, 4) is 0 Å². The lowest BCUT2D eigenvalue weighted by atomic mass is 10.1. The normalized spacial score (nSPS) is 20.4. The van der Waals surface area contributed by atoms with E-state index in [-0.39, 0.29) is 0 Å². The van der Waals surface area contributed by atoms with Gasteiger partial charge in [-0.05, 0) is 38.8 Å². The molecule has 2 heterocycles. The molecular weight excluding hydrogens is 394 g/mol. The van der Waals surface area contributed by atoms with Gasteiger partial charge in [0.15, 0.2) is 5.96 Å². The van der Waals surface area contributed by atoms with Gasteiger partial charge < -0.3 is 15.4 Å². The minimum absolute atomic E-state index is 0.306. The summed E-state index contributed by atoms with van der Waals surface area (Å²) in [4.78, 5) is 12.7. The summed E-state index contributed by atoms with van der Waals surface area (Å²) >= 11 is 1.78. The zero-order valence-electron chi connectivity index (χ0n) is 18.9. The zero-order valence-corrected chi connectivity index (χ0v) is 19.7. The van der Waals surface area contributed by atoms with Crippen molar-refractivity contribution in [3.05, 3.63) is 51.0 Å². The molecule has 0 saturated carbocycles. The third-order valence-corrected chi connectivity index (χ3v) is 6.44. The molecule has 1 aromatic carbocycles. The van der Waals surface area contributed by atoms with Crippen molar-refractivity contribution in [2.75, 3.05) is 26.7 Å². The average Bonchev–Trinajstić information content (AvgIpc) is 3.02. The molecule has 164 valence electrons. The van der Waals surface area contributed by atoms with E-state index in [0.717, 1.165) is 50.8 Å². The Morgan fingerprint density at radius 2 is 1.80 bits per heavy atom. The van der Waals surface area contributed by atoms with Crippen LogP contribution in [0.4, 0.5) is 0 Å². The number of ether oxygens (including phenoxy) is 1. The molecule has 2 atom stereocenters. The molecule has 0 aliphatic carbocycles. The number of aromatic nitrogens is 1. The number of guanidine groups is 1. The Kier molecular flexibility index (Phi) is 8.24. The van der Waals surface area contributed by atoms with Gasteiger partial charge in [-0.1, -0.05) is 24.3 Å². The maximum Gasteiger partial charge on any atom is 0.191 e. The molecule has 1 aliphatic rings. The van der Waals surface area contributed by atoms with Crippen LogP contribution in [0.15, 0.2) is 29.3 Å². The van der Waals surface area contributed by atoms with E-state index >= 15 is 0 Å². The Morgan fingerprint density at radius 1 is 1.13 bits per heavy atom. The van der Waals surface area contributed by atoms with Crippen LogP contribution in [0.2, 0.25) is 0 Å². The van der Waals surface area contributed by atoms with Gasteiger partial charge in [-0.15, -0.1) is 11.3 Å². The molecule has 2 aromatic rings. The van der Waals surface area contributed by atoms with Crippen molar-refractivity contribution in [1.82, 2.24) is 20.5 Å². The molecule has 1 fully saturated rings. The number of benzene rings is 1. The van der Waals surface area contributed by atoms with Gasteiger partial charge in [0.05, 0.1) is 22.9 Å². The number of aliphatic imine (C=N–C) groups is 1. The summed E-state index contributed by atoms with van der Waals surface area (Å²) in [6.07, 6.45) is 1.52. The lowest BCUT2D eigenvalue weighted by Gasteiger charge is -2.35. The molecule has 1 aliphatic heterocycles. The zero-order chi connectivity index (χ0) is 21.5. The van der Waals surface area contributed by atoms with Gasteiger partial charge in [0.2, 0.25) is 0 Å². The van der Waals surface area contributed by atoms with E-state index in [1.54, 1.807) is 18.4 Å². The van der Waals surface area contributed by atoms with Gasteiger partial charge in [-0.2, -0.15) is 0 Å². The molecule has 2 unspecified atom stereocenters. The molecule has 6 nitrogen and oxygen atoms in total. The van der Waals surface area contributed by atoms with Crippen LogP contribution in [0.5, 0.6) is 0 Å². The summed E-state index contributed by atoms with van der Waals surface area (Å²) in [7, 11) is 1.81. The van der Waals surface area contributed by atoms with Gasteiger partial charge in [-0.3, -0.25) is 9.89 Å². The van der Waals surface area contributed by atoms with Crippen molar-refractivity contribution >= 4 is 17.3 Å². The minimum atomic E-state index is 0.306. The van der Waals surface area contributed by atoms with Gasteiger partial charge in [-0.25, -0.2) is 4.98 Å². The van der Waals surface area contributed by atoms with E-state index < -0.39 is 0 Å². The first kappa shape index (κ1) is 22.7. The van der Waals surface area contributed by atoms with Gasteiger partial charge in [0.25, 0.3) is 0 Å². The molecule has 30 heavy (non-hydrogen) atoms. The second kappa shape index (κ2) is 10.9. The second-order valence-corrected chi connectivity index (χ2v) is 9.41. The van der Waals surface area contributed by atoms with E-state index in [2.05, 4.69) is 77.5 Å².